The SMILES string of the molecule is Cn1nc(C(F)(F)F)c([C@@H]2[C@@H](CN)C2(C)C)c1Cl. The number of halogens is 4. The summed E-state index contributed by atoms with van der Waals surface area (Å²) >= 11 is 5.96. The normalized spacial score (nSPS) is 26.4. The van der Waals surface area contributed by atoms with E-state index >= 15 is 0 Å². The molecule has 0 aliphatic heterocycles. The predicted molar refractivity (Wildman–Crippen MR) is 62.3 cm³/mol. The zero-order valence-electron chi connectivity index (χ0n) is 10.3. The third-order valence-corrected chi connectivity index (χ3v) is 4.34. The van der Waals surface area contributed by atoms with Gasteiger partial charge in [-0.25, -0.2) is 0 Å². The van der Waals surface area contributed by atoms with Crippen LogP contribution in [-0.2, 0) is 13.2 Å². The number of hydrogen-bond donors (Lipinski definition) is 1. The lowest BCUT2D eigenvalue weighted by molar-refractivity contribution is -0.142. The molecular weight excluding hydrogens is 267 g/mol. The zero-order chi connectivity index (χ0) is 13.9. The highest BCUT2D eigenvalue weighted by Crippen LogP contribution is 2.66. The fourth-order valence-electron chi connectivity index (χ4n) is 2.76. The molecule has 102 valence electrons. The average Bonchev–Trinajstić information content (AvgIpc) is 2.63. The van der Waals surface area contributed by atoms with Crippen LogP contribution in [0.5, 0.6) is 0 Å². The first-order valence-electron chi connectivity index (χ1n) is 5.62. The molecular formula is C11H15ClF3N3. The van der Waals surface area contributed by atoms with Crippen molar-refractivity contribution in [2.75, 3.05) is 6.54 Å². The molecule has 2 rings (SSSR count). The van der Waals surface area contributed by atoms with E-state index in [2.05, 4.69) is 5.10 Å². The second-order valence-corrected chi connectivity index (χ2v) is 5.67. The van der Waals surface area contributed by atoms with Crippen LogP contribution in [0.3, 0.4) is 0 Å². The van der Waals surface area contributed by atoms with E-state index in [4.69, 9.17) is 17.3 Å². The molecule has 7 heteroatoms. The first-order chi connectivity index (χ1) is 8.12. The summed E-state index contributed by atoms with van der Waals surface area (Å²) in [5.41, 5.74) is 4.54. The van der Waals surface area contributed by atoms with Gasteiger partial charge in [0, 0.05) is 12.6 Å². The summed E-state index contributed by atoms with van der Waals surface area (Å²) in [6.45, 7) is 4.15. The molecule has 0 saturated heterocycles. The second-order valence-electron chi connectivity index (χ2n) is 5.32. The number of aromatic nitrogens is 2. The van der Waals surface area contributed by atoms with Crippen LogP contribution in [0.25, 0.3) is 0 Å². The van der Waals surface area contributed by atoms with E-state index in [0.29, 0.717) is 6.54 Å². The monoisotopic (exact) mass is 281 g/mol. The number of alkyl halides is 3. The highest BCUT2D eigenvalue weighted by molar-refractivity contribution is 6.30. The molecule has 1 aliphatic rings. The van der Waals surface area contributed by atoms with E-state index in [1.54, 1.807) is 0 Å². The highest BCUT2D eigenvalue weighted by Gasteiger charge is 2.61. The van der Waals surface area contributed by atoms with Gasteiger partial charge in [-0.05, 0) is 23.8 Å². The molecule has 1 aromatic heterocycles. The van der Waals surface area contributed by atoms with Crippen molar-refractivity contribution in [3.63, 3.8) is 0 Å². The summed E-state index contributed by atoms with van der Waals surface area (Å²) in [4.78, 5) is 0. The minimum atomic E-state index is -4.49. The van der Waals surface area contributed by atoms with Gasteiger partial charge in [0.25, 0.3) is 0 Å². The lowest BCUT2D eigenvalue weighted by atomic mass is 10.0. The molecule has 1 aromatic rings. The fraction of sp³-hybridized carbons (Fsp3) is 0.727. The van der Waals surface area contributed by atoms with Crippen LogP contribution >= 0.6 is 11.6 Å². The summed E-state index contributed by atoms with van der Waals surface area (Å²) in [6.07, 6.45) is -4.49. The maximum atomic E-state index is 12.9. The molecule has 1 fully saturated rings. The van der Waals surface area contributed by atoms with Gasteiger partial charge in [0.2, 0.25) is 0 Å². The van der Waals surface area contributed by atoms with Gasteiger partial charge in [-0.2, -0.15) is 18.3 Å². The van der Waals surface area contributed by atoms with Gasteiger partial charge < -0.3 is 5.73 Å². The third-order valence-electron chi connectivity index (χ3n) is 3.90. The summed E-state index contributed by atoms with van der Waals surface area (Å²) in [5, 5.41) is 3.55. The second kappa shape index (κ2) is 3.87. The maximum absolute atomic E-state index is 12.9. The third kappa shape index (κ3) is 1.82. The molecule has 3 nitrogen and oxygen atoms in total. The lowest BCUT2D eigenvalue weighted by Gasteiger charge is -2.07. The molecule has 0 radical (unpaired) electrons. The number of nitrogens with two attached hydrogens (primary N) is 1. The van der Waals surface area contributed by atoms with Crippen molar-refractivity contribution in [3.05, 3.63) is 16.4 Å². The first kappa shape index (κ1) is 13.7. The van der Waals surface area contributed by atoms with Gasteiger partial charge in [-0.1, -0.05) is 25.4 Å². The van der Waals surface area contributed by atoms with E-state index in [0.717, 1.165) is 4.68 Å². The van der Waals surface area contributed by atoms with Crippen molar-refractivity contribution in [3.8, 4) is 0 Å². The Balaban J connectivity index is 2.52. The Labute approximate surface area is 108 Å². The Kier molecular flexibility index (Phi) is 2.94. The van der Waals surface area contributed by atoms with Gasteiger partial charge >= 0.3 is 6.18 Å². The number of rotatable bonds is 2. The van der Waals surface area contributed by atoms with Gasteiger partial charge in [0.05, 0.1) is 0 Å². The Hall–Kier alpha value is -0.750. The van der Waals surface area contributed by atoms with E-state index in [1.807, 2.05) is 13.8 Å². The quantitative estimate of drug-likeness (QED) is 0.906. The van der Waals surface area contributed by atoms with Crippen LogP contribution < -0.4 is 5.73 Å². The molecule has 18 heavy (non-hydrogen) atoms. The van der Waals surface area contributed by atoms with Gasteiger partial charge in [0.1, 0.15) is 5.15 Å². The summed E-state index contributed by atoms with van der Waals surface area (Å²) in [5.74, 6) is -0.263. The van der Waals surface area contributed by atoms with Crippen molar-refractivity contribution >= 4 is 11.6 Å². The van der Waals surface area contributed by atoms with Crippen molar-refractivity contribution in [1.82, 2.24) is 9.78 Å². The van der Waals surface area contributed by atoms with Gasteiger partial charge in [-0.15, -0.1) is 0 Å². The number of nitrogens with zero attached hydrogens (tertiary/aromatic N) is 2. The highest BCUT2D eigenvalue weighted by atomic mass is 35.5. The average molecular weight is 282 g/mol. The number of hydrogen-bond acceptors (Lipinski definition) is 2. The van der Waals surface area contributed by atoms with E-state index in [9.17, 15) is 13.2 Å². The minimum Gasteiger partial charge on any atom is -0.330 e. The Morgan fingerprint density at radius 2 is 2.00 bits per heavy atom. The van der Waals surface area contributed by atoms with Gasteiger partial charge in [-0.3, -0.25) is 4.68 Å². The summed E-state index contributed by atoms with van der Waals surface area (Å²) < 4.78 is 39.9. The van der Waals surface area contributed by atoms with Crippen molar-refractivity contribution < 1.29 is 13.2 Å². The standard InChI is InChI=1S/C11H15ClF3N3/c1-10(2)5(4-16)7(10)6-8(11(13,14)15)17-18(3)9(6)12/h5,7H,4,16H2,1-3H3/t5-,7+/m1/s1. The van der Waals surface area contributed by atoms with E-state index in [-0.39, 0.29) is 28.0 Å². The zero-order valence-corrected chi connectivity index (χ0v) is 11.1. The van der Waals surface area contributed by atoms with E-state index < -0.39 is 11.9 Å². The van der Waals surface area contributed by atoms with Crippen molar-refractivity contribution in [1.29, 1.82) is 0 Å². The molecule has 0 spiro atoms. The molecule has 0 bridgehead atoms. The molecule has 0 unspecified atom stereocenters. The summed E-state index contributed by atoms with van der Waals surface area (Å²) in [6, 6.07) is 0. The molecule has 1 saturated carbocycles. The molecule has 1 aliphatic carbocycles. The first-order valence-corrected chi connectivity index (χ1v) is 5.99. The molecule has 2 atom stereocenters. The minimum absolute atomic E-state index is 0.0142. The van der Waals surface area contributed by atoms with Crippen LogP contribution in [0.2, 0.25) is 5.15 Å². The fourth-order valence-corrected chi connectivity index (χ4v) is 3.01. The predicted octanol–water partition coefficient (Wildman–Crippen LogP) is 2.79. The van der Waals surface area contributed by atoms with Crippen LogP contribution in [-0.4, -0.2) is 16.3 Å². The van der Waals surface area contributed by atoms with Crippen molar-refractivity contribution in [2.45, 2.75) is 25.9 Å². The van der Waals surface area contributed by atoms with Crippen LogP contribution in [0.1, 0.15) is 31.0 Å². The van der Waals surface area contributed by atoms with Crippen LogP contribution in [0.4, 0.5) is 13.2 Å². The molecule has 0 aromatic carbocycles. The van der Waals surface area contributed by atoms with Crippen LogP contribution in [0, 0.1) is 11.3 Å². The van der Waals surface area contributed by atoms with Crippen LogP contribution in [0.15, 0.2) is 0 Å². The Morgan fingerprint density at radius 3 is 2.39 bits per heavy atom. The number of aryl methyl sites for hydroxylation is 1. The lowest BCUT2D eigenvalue weighted by Crippen LogP contribution is -2.10. The maximum Gasteiger partial charge on any atom is 0.435 e. The molecule has 0 amide bonds. The topological polar surface area (TPSA) is 43.8 Å². The van der Waals surface area contributed by atoms with E-state index in [1.165, 1.54) is 7.05 Å². The molecule has 2 N–H and O–H groups in total. The smallest absolute Gasteiger partial charge is 0.330 e. The summed E-state index contributed by atoms with van der Waals surface area (Å²) in [7, 11) is 1.41. The van der Waals surface area contributed by atoms with Crippen molar-refractivity contribution in [2.24, 2.45) is 24.1 Å². The van der Waals surface area contributed by atoms with Gasteiger partial charge in [0.15, 0.2) is 5.69 Å². The molecule has 1 heterocycles. The Morgan fingerprint density at radius 1 is 1.44 bits per heavy atom. The largest absolute Gasteiger partial charge is 0.435 e. The Bertz CT molecular complexity index is 479.